The Kier molecular flexibility index (Phi) is 6.18. The van der Waals surface area contributed by atoms with E-state index in [4.69, 9.17) is 9.47 Å². The van der Waals surface area contributed by atoms with Crippen LogP contribution in [-0.2, 0) is 4.74 Å². The van der Waals surface area contributed by atoms with E-state index in [-0.39, 0.29) is 6.10 Å². The van der Waals surface area contributed by atoms with Crippen molar-refractivity contribution >= 4 is 17.6 Å². The van der Waals surface area contributed by atoms with Gasteiger partial charge in [0.25, 0.3) is 0 Å². The van der Waals surface area contributed by atoms with Crippen molar-refractivity contribution in [3.8, 4) is 5.75 Å². The number of fused-ring (bicyclic) bond motifs is 1. The van der Waals surface area contributed by atoms with E-state index in [2.05, 4.69) is 54.6 Å². The zero-order chi connectivity index (χ0) is 21.4. The molecule has 3 aliphatic rings. The molecule has 1 saturated heterocycles. The summed E-state index contributed by atoms with van der Waals surface area (Å²) in [5, 5.41) is 10.9. The van der Waals surface area contributed by atoms with Gasteiger partial charge in [-0.05, 0) is 87.7 Å². The quantitative estimate of drug-likeness (QED) is 0.581. The van der Waals surface area contributed by atoms with Crippen LogP contribution in [0, 0.1) is 19.8 Å². The summed E-state index contributed by atoms with van der Waals surface area (Å²) in [5.41, 5.74) is 4.85. The number of aliphatic hydroxyl groups excluding tert-OH is 1. The molecule has 166 valence electrons. The second-order valence-corrected chi connectivity index (χ2v) is 10.4. The first-order valence-corrected chi connectivity index (χ1v) is 12.5. The molecule has 0 bridgehead atoms. The third kappa shape index (κ3) is 4.46. The average Bonchev–Trinajstić information content (AvgIpc) is 2.73. The Morgan fingerprint density at radius 2 is 1.81 bits per heavy atom. The Balaban J connectivity index is 1.36. The highest BCUT2D eigenvalue weighted by Crippen LogP contribution is 2.44. The lowest BCUT2D eigenvalue weighted by atomic mass is 9.87. The molecular formula is C26H33NO3S. The molecule has 2 atom stereocenters. The Morgan fingerprint density at radius 3 is 2.52 bits per heavy atom. The number of aryl methyl sites for hydroxylation is 2. The van der Waals surface area contributed by atoms with Gasteiger partial charge in [-0.3, -0.25) is 0 Å². The van der Waals surface area contributed by atoms with Crippen LogP contribution in [0.5, 0.6) is 5.75 Å². The molecule has 0 aromatic heterocycles. The summed E-state index contributed by atoms with van der Waals surface area (Å²) in [4.78, 5) is 1.16. The zero-order valence-corrected chi connectivity index (χ0v) is 19.4. The molecule has 31 heavy (non-hydrogen) atoms. The van der Waals surface area contributed by atoms with Crippen LogP contribution >= 0.6 is 11.9 Å². The predicted octanol–water partition coefficient (Wildman–Crippen LogP) is 5.98. The minimum absolute atomic E-state index is 0.0894. The standard InChI is InChI=1S/C26H33NO3S/c1-17-6-8-23(18(2)14-17)27(20-4-3-5-20)31-21-7-9-25-22(15-21)24(28)16-26(30-25)19-10-12-29-13-11-19/h6-9,14-15,19-20,24,26,28H,3-5,10-13,16H2,1-2H3. The van der Waals surface area contributed by atoms with Gasteiger partial charge in [0.1, 0.15) is 11.9 Å². The minimum atomic E-state index is -0.463. The lowest BCUT2D eigenvalue weighted by Gasteiger charge is -2.39. The van der Waals surface area contributed by atoms with Crippen molar-refractivity contribution in [2.45, 2.75) is 75.5 Å². The molecule has 0 spiro atoms. The number of aliphatic hydroxyl groups is 1. The Morgan fingerprint density at radius 1 is 1.00 bits per heavy atom. The van der Waals surface area contributed by atoms with Gasteiger partial charge in [0, 0.05) is 42.1 Å². The number of anilines is 1. The molecule has 1 N–H and O–H groups in total. The summed E-state index contributed by atoms with van der Waals surface area (Å²) in [6, 6.07) is 13.6. The van der Waals surface area contributed by atoms with Crippen LogP contribution in [0.1, 0.15) is 61.3 Å². The van der Waals surface area contributed by atoms with Crippen molar-refractivity contribution in [2.24, 2.45) is 5.92 Å². The van der Waals surface area contributed by atoms with E-state index in [9.17, 15) is 5.11 Å². The fourth-order valence-electron chi connectivity index (χ4n) is 4.99. The predicted molar refractivity (Wildman–Crippen MR) is 126 cm³/mol. The van der Waals surface area contributed by atoms with Gasteiger partial charge in [-0.25, -0.2) is 0 Å². The van der Waals surface area contributed by atoms with Crippen LogP contribution in [0.4, 0.5) is 5.69 Å². The molecule has 2 heterocycles. The number of benzene rings is 2. The summed E-state index contributed by atoms with van der Waals surface area (Å²) in [6.45, 7) is 5.96. The summed E-state index contributed by atoms with van der Waals surface area (Å²) < 4.78 is 14.3. The van der Waals surface area contributed by atoms with Crippen molar-refractivity contribution in [1.82, 2.24) is 0 Å². The maximum atomic E-state index is 10.9. The van der Waals surface area contributed by atoms with Crippen LogP contribution in [0.15, 0.2) is 41.3 Å². The molecule has 2 aliphatic heterocycles. The molecule has 0 radical (unpaired) electrons. The average molecular weight is 440 g/mol. The molecule has 2 aromatic carbocycles. The Hall–Kier alpha value is -1.69. The molecule has 2 unspecified atom stereocenters. The highest BCUT2D eigenvalue weighted by molar-refractivity contribution is 8.00. The highest BCUT2D eigenvalue weighted by Gasteiger charge is 2.34. The topological polar surface area (TPSA) is 41.9 Å². The van der Waals surface area contributed by atoms with Gasteiger partial charge < -0.3 is 18.9 Å². The number of rotatable bonds is 5. The van der Waals surface area contributed by atoms with Crippen LogP contribution in [0.3, 0.4) is 0 Å². The van der Waals surface area contributed by atoms with Gasteiger partial charge in [-0.2, -0.15) is 0 Å². The monoisotopic (exact) mass is 439 g/mol. The van der Waals surface area contributed by atoms with Crippen LogP contribution in [0.2, 0.25) is 0 Å². The fourth-order valence-corrected chi connectivity index (χ4v) is 6.19. The second-order valence-electron chi connectivity index (χ2n) is 9.35. The normalized spacial score (nSPS) is 24.2. The number of hydrogen-bond donors (Lipinski definition) is 1. The van der Waals surface area contributed by atoms with Crippen molar-refractivity contribution in [3.05, 3.63) is 53.1 Å². The first-order valence-electron chi connectivity index (χ1n) is 11.7. The zero-order valence-electron chi connectivity index (χ0n) is 18.5. The summed E-state index contributed by atoms with van der Waals surface area (Å²) in [7, 11) is 0. The number of hydrogen-bond acceptors (Lipinski definition) is 5. The Labute approximate surface area is 190 Å². The van der Waals surface area contributed by atoms with Gasteiger partial charge in [0.05, 0.1) is 11.8 Å². The van der Waals surface area contributed by atoms with Gasteiger partial charge in [-0.1, -0.05) is 17.7 Å². The van der Waals surface area contributed by atoms with E-state index < -0.39 is 6.10 Å². The van der Waals surface area contributed by atoms with E-state index in [0.717, 1.165) is 42.3 Å². The first kappa shape index (κ1) is 21.2. The fraction of sp³-hybridized carbons (Fsp3) is 0.538. The van der Waals surface area contributed by atoms with E-state index in [1.165, 1.54) is 36.1 Å². The third-order valence-corrected chi connectivity index (χ3v) is 8.22. The maximum absolute atomic E-state index is 10.9. The van der Waals surface area contributed by atoms with Crippen molar-refractivity contribution in [3.63, 3.8) is 0 Å². The van der Waals surface area contributed by atoms with Crippen molar-refractivity contribution in [1.29, 1.82) is 0 Å². The molecule has 5 heteroatoms. The molecule has 2 aromatic rings. The largest absolute Gasteiger partial charge is 0.490 e. The second kappa shape index (κ2) is 9.05. The number of nitrogens with zero attached hydrogens (tertiary/aromatic N) is 1. The minimum Gasteiger partial charge on any atom is -0.490 e. The van der Waals surface area contributed by atoms with Gasteiger partial charge in [0.15, 0.2) is 0 Å². The van der Waals surface area contributed by atoms with Crippen molar-refractivity contribution in [2.75, 3.05) is 17.5 Å². The SMILES string of the molecule is Cc1ccc(N(Sc2ccc3c(c2)C(O)CC(C2CCOCC2)O3)C2CCC2)c(C)c1. The molecule has 0 amide bonds. The summed E-state index contributed by atoms with van der Waals surface area (Å²) in [5.74, 6) is 1.32. The maximum Gasteiger partial charge on any atom is 0.125 e. The first-order chi connectivity index (χ1) is 15.1. The van der Waals surface area contributed by atoms with Gasteiger partial charge in [-0.15, -0.1) is 0 Å². The lowest BCUT2D eigenvalue weighted by molar-refractivity contribution is -0.0151. The van der Waals surface area contributed by atoms with Crippen LogP contribution in [0.25, 0.3) is 0 Å². The number of ether oxygens (including phenoxy) is 2. The molecule has 4 nitrogen and oxygen atoms in total. The molecule has 5 rings (SSSR count). The third-order valence-electron chi connectivity index (χ3n) is 7.07. The molecule has 1 saturated carbocycles. The molecule has 1 aliphatic carbocycles. The van der Waals surface area contributed by atoms with Crippen LogP contribution < -0.4 is 9.04 Å². The molecular weight excluding hydrogens is 406 g/mol. The summed E-state index contributed by atoms with van der Waals surface area (Å²) >= 11 is 1.80. The van der Waals surface area contributed by atoms with E-state index in [0.29, 0.717) is 18.4 Å². The van der Waals surface area contributed by atoms with Crippen molar-refractivity contribution < 1.29 is 14.6 Å². The highest BCUT2D eigenvalue weighted by atomic mass is 32.2. The lowest BCUT2D eigenvalue weighted by Crippen LogP contribution is -2.36. The van der Waals surface area contributed by atoms with Gasteiger partial charge >= 0.3 is 0 Å². The van der Waals surface area contributed by atoms with E-state index in [1.54, 1.807) is 11.9 Å². The summed E-state index contributed by atoms with van der Waals surface area (Å²) in [6.07, 6.45) is 6.13. The Bertz CT molecular complexity index is 923. The van der Waals surface area contributed by atoms with Crippen LogP contribution in [-0.4, -0.2) is 30.5 Å². The van der Waals surface area contributed by atoms with E-state index in [1.807, 2.05) is 0 Å². The smallest absolute Gasteiger partial charge is 0.125 e. The molecule has 2 fully saturated rings. The van der Waals surface area contributed by atoms with E-state index >= 15 is 0 Å². The van der Waals surface area contributed by atoms with Gasteiger partial charge in [0.2, 0.25) is 0 Å².